The zero-order chi connectivity index (χ0) is 19.7. The Bertz CT molecular complexity index is 869. The van der Waals surface area contributed by atoms with Crippen LogP contribution in [0.3, 0.4) is 0 Å². The molecule has 2 bridgehead atoms. The van der Waals surface area contributed by atoms with Crippen LogP contribution in [0.15, 0.2) is 42.1 Å². The van der Waals surface area contributed by atoms with Crippen molar-refractivity contribution in [3.05, 3.63) is 47.7 Å². The van der Waals surface area contributed by atoms with E-state index in [0.717, 1.165) is 36.0 Å². The Morgan fingerprint density at radius 3 is 2.89 bits per heavy atom. The molecule has 0 spiro atoms. The lowest BCUT2D eigenvalue weighted by atomic mass is 9.76. The number of ether oxygens (including phenoxy) is 1. The van der Waals surface area contributed by atoms with E-state index in [9.17, 15) is 10.2 Å². The second kappa shape index (κ2) is 8.17. The number of aliphatic hydroxyl groups excluding tert-OH is 3. The topological polar surface area (TPSA) is 86.1 Å². The molecule has 28 heavy (non-hydrogen) atoms. The Morgan fingerprint density at radius 1 is 1.32 bits per heavy atom. The lowest BCUT2D eigenvalue weighted by Crippen LogP contribution is -2.52. The fraction of sp³-hybridized carbons (Fsp3) is 0.500. The summed E-state index contributed by atoms with van der Waals surface area (Å²) in [5, 5.41) is 30.6. The first-order valence-electron chi connectivity index (χ1n) is 9.98. The molecule has 2 aromatic rings. The smallest absolute Gasteiger partial charge is 0.120 e. The number of hydrogen-bond donors (Lipinski definition) is 3. The van der Waals surface area contributed by atoms with Gasteiger partial charge in [-0.15, -0.1) is 0 Å². The predicted molar refractivity (Wildman–Crippen MR) is 107 cm³/mol. The highest BCUT2D eigenvalue weighted by atomic mass is 16.5. The van der Waals surface area contributed by atoms with E-state index in [1.165, 1.54) is 12.0 Å². The van der Waals surface area contributed by atoms with Crippen molar-refractivity contribution in [3.8, 4) is 5.75 Å². The van der Waals surface area contributed by atoms with Gasteiger partial charge in [0.1, 0.15) is 18.5 Å². The van der Waals surface area contributed by atoms with Crippen molar-refractivity contribution in [1.82, 2.24) is 9.88 Å². The number of rotatable bonds is 6. The van der Waals surface area contributed by atoms with Crippen molar-refractivity contribution in [1.29, 1.82) is 0 Å². The minimum absolute atomic E-state index is 0.0182. The van der Waals surface area contributed by atoms with Crippen LogP contribution in [-0.2, 0) is 0 Å². The van der Waals surface area contributed by atoms with E-state index >= 15 is 0 Å². The number of aromatic nitrogens is 1. The second-order valence-electron chi connectivity index (χ2n) is 7.79. The molecule has 3 N–H and O–H groups in total. The molecule has 4 heterocycles. The largest absolute Gasteiger partial charge is 0.491 e. The van der Waals surface area contributed by atoms with Crippen LogP contribution in [0.4, 0.5) is 0 Å². The van der Waals surface area contributed by atoms with Gasteiger partial charge in [-0.05, 0) is 62.1 Å². The molecular formula is C22H28N2O4. The number of benzene rings is 1. The first-order valence-corrected chi connectivity index (χ1v) is 9.98. The van der Waals surface area contributed by atoms with Gasteiger partial charge >= 0.3 is 0 Å². The fourth-order valence-corrected chi connectivity index (χ4v) is 4.54. The second-order valence-corrected chi connectivity index (χ2v) is 7.79. The molecule has 150 valence electrons. The molecule has 0 saturated carbocycles. The van der Waals surface area contributed by atoms with Crippen LogP contribution in [0.5, 0.6) is 5.75 Å². The summed E-state index contributed by atoms with van der Waals surface area (Å²) in [6.07, 6.45) is 4.61. The molecule has 3 aliphatic heterocycles. The first-order chi connectivity index (χ1) is 13.6. The highest BCUT2D eigenvalue weighted by molar-refractivity contribution is 5.84. The summed E-state index contributed by atoms with van der Waals surface area (Å²) in [6, 6.07) is 7.50. The van der Waals surface area contributed by atoms with Crippen LogP contribution in [0.1, 0.15) is 31.4 Å². The molecule has 0 amide bonds. The third-order valence-corrected chi connectivity index (χ3v) is 6.12. The summed E-state index contributed by atoms with van der Waals surface area (Å²) in [6.45, 7) is 3.75. The summed E-state index contributed by atoms with van der Waals surface area (Å²) in [5.74, 6) is 1.16. The molecule has 0 radical (unpaired) electrons. The van der Waals surface area contributed by atoms with E-state index in [0.29, 0.717) is 11.7 Å². The predicted octanol–water partition coefficient (Wildman–Crippen LogP) is 2.04. The van der Waals surface area contributed by atoms with E-state index in [2.05, 4.69) is 22.9 Å². The van der Waals surface area contributed by atoms with Crippen LogP contribution >= 0.6 is 0 Å². The Labute approximate surface area is 165 Å². The van der Waals surface area contributed by atoms with Crippen LogP contribution in [-0.4, -0.2) is 63.7 Å². The molecular weight excluding hydrogens is 356 g/mol. The minimum atomic E-state index is -0.916. The number of fused-ring (bicyclic) bond motifs is 4. The van der Waals surface area contributed by atoms with Crippen molar-refractivity contribution >= 4 is 10.9 Å². The zero-order valence-corrected chi connectivity index (χ0v) is 16.2. The normalized spacial score (nSPS) is 27.9. The number of aliphatic hydroxyl groups is 3. The van der Waals surface area contributed by atoms with E-state index in [1.54, 1.807) is 12.3 Å². The Balaban J connectivity index is 1.61. The lowest BCUT2D eigenvalue weighted by molar-refractivity contribution is -0.00340. The number of allylic oxidation sites excluding steroid dienone is 1. The molecule has 3 fully saturated rings. The van der Waals surface area contributed by atoms with Crippen molar-refractivity contribution in [3.63, 3.8) is 0 Å². The maximum Gasteiger partial charge on any atom is 0.120 e. The minimum Gasteiger partial charge on any atom is -0.491 e. The molecule has 6 nitrogen and oxygen atoms in total. The van der Waals surface area contributed by atoms with Gasteiger partial charge < -0.3 is 20.1 Å². The van der Waals surface area contributed by atoms with Crippen molar-refractivity contribution < 1.29 is 20.1 Å². The summed E-state index contributed by atoms with van der Waals surface area (Å²) < 4.78 is 5.59. The van der Waals surface area contributed by atoms with Crippen molar-refractivity contribution in [2.45, 2.75) is 38.0 Å². The number of piperidine rings is 3. The van der Waals surface area contributed by atoms with Crippen LogP contribution in [0.25, 0.3) is 10.9 Å². The monoisotopic (exact) mass is 384 g/mol. The quantitative estimate of drug-likeness (QED) is 0.661. The summed E-state index contributed by atoms with van der Waals surface area (Å²) in [5.41, 5.74) is 3.15. The van der Waals surface area contributed by atoms with Crippen molar-refractivity contribution in [2.24, 2.45) is 5.92 Å². The summed E-state index contributed by atoms with van der Waals surface area (Å²) >= 11 is 0. The summed E-state index contributed by atoms with van der Waals surface area (Å²) in [7, 11) is 0. The Hall–Kier alpha value is -1.99. The first kappa shape index (κ1) is 19.3. The van der Waals surface area contributed by atoms with Gasteiger partial charge in [-0.3, -0.25) is 9.88 Å². The lowest BCUT2D eigenvalue weighted by Gasteiger charge is -2.48. The Kier molecular flexibility index (Phi) is 5.64. The van der Waals surface area contributed by atoms with E-state index in [1.807, 2.05) is 18.2 Å². The van der Waals surface area contributed by atoms with Gasteiger partial charge in [-0.1, -0.05) is 11.6 Å². The molecule has 5 atom stereocenters. The SMILES string of the molecule is CC=C1CN2CCC1CC2C(O)c1ccnc2ccc(OCC(O)CO)cc12. The van der Waals surface area contributed by atoms with Gasteiger partial charge in [0.2, 0.25) is 0 Å². The van der Waals surface area contributed by atoms with Gasteiger partial charge in [0.15, 0.2) is 0 Å². The number of nitrogens with zero attached hydrogens (tertiary/aromatic N) is 2. The maximum atomic E-state index is 11.3. The fourth-order valence-electron chi connectivity index (χ4n) is 4.54. The third-order valence-electron chi connectivity index (χ3n) is 6.12. The van der Waals surface area contributed by atoms with Gasteiger partial charge in [-0.2, -0.15) is 0 Å². The molecule has 6 heteroatoms. The van der Waals surface area contributed by atoms with Gasteiger partial charge in [-0.25, -0.2) is 0 Å². The van der Waals surface area contributed by atoms with E-state index < -0.39 is 12.2 Å². The Morgan fingerprint density at radius 2 is 2.18 bits per heavy atom. The van der Waals surface area contributed by atoms with E-state index in [-0.39, 0.29) is 19.3 Å². The van der Waals surface area contributed by atoms with Gasteiger partial charge in [0, 0.05) is 24.2 Å². The molecule has 3 saturated heterocycles. The van der Waals surface area contributed by atoms with Crippen LogP contribution < -0.4 is 4.74 Å². The van der Waals surface area contributed by atoms with Crippen molar-refractivity contribution in [2.75, 3.05) is 26.3 Å². The average Bonchev–Trinajstić information content (AvgIpc) is 2.76. The standard InChI is InChI=1S/C22H28N2O4/c1-2-14-11-24-8-6-15(14)9-21(24)22(27)18-5-7-23-20-4-3-17(10-19(18)20)28-13-16(26)12-25/h2-5,7,10,15-16,21-22,25-27H,6,8-9,11-13H2,1H3. The average molecular weight is 384 g/mol. The maximum absolute atomic E-state index is 11.3. The molecule has 3 aliphatic rings. The van der Waals surface area contributed by atoms with Gasteiger partial charge in [0.05, 0.1) is 18.2 Å². The third kappa shape index (κ3) is 3.65. The van der Waals surface area contributed by atoms with Gasteiger partial charge in [0.25, 0.3) is 0 Å². The summed E-state index contributed by atoms with van der Waals surface area (Å²) in [4.78, 5) is 6.81. The number of pyridine rings is 1. The zero-order valence-electron chi connectivity index (χ0n) is 16.2. The molecule has 1 aromatic heterocycles. The highest BCUT2D eigenvalue weighted by Crippen LogP contribution is 2.41. The number of hydrogen-bond acceptors (Lipinski definition) is 6. The van der Waals surface area contributed by atoms with Crippen LogP contribution in [0.2, 0.25) is 0 Å². The molecule has 5 unspecified atom stereocenters. The molecule has 0 aliphatic carbocycles. The van der Waals surface area contributed by atoms with Crippen LogP contribution in [0, 0.1) is 5.92 Å². The van der Waals surface area contributed by atoms with E-state index in [4.69, 9.17) is 9.84 Å². The molecule has 1 aromatic carbocycles. The highest BCUT2D eigenvalue weighted by Gasteiger charge is 2.40. The molecule has 5 rings (SSSR count).